The van der Waals surface area contributed by atoms with Gasteiger partial charge in [0.1, 0.15) is 11.4 Å². The standard InChI is InChI=1S/C25H18FN9O/c1-2-19(36)31-15-7-14(8-28-9-15)22-21(26)20-17(12-30-22)34-35-24(20)25-32-18-11-29-10-16(23(18)33-25)13-3-5-27-6-4-13/h3-12H,2H2,1H3,(H,31,36)(H,32,33)(H,34,35). The smallest absolute Gasteiger partial charge is 0.224 e. The Hall–Kier alpha value is -5.06. The number of carbonyl (C=O) groups is 1. The zero-order valence-corrected chi connectivity index (χ0v) is 19.0. The lowest BCUT2D eigenvalue weighted by Gasteiger charge is -2.07. The van der Waals surface area contributed by atoms with Crippen molar-refractivity contribution in [3.63, 3.8) is 0 Å². The molecular weight excluding hydrogens is 461 g/mol. The Morgan fingerprint density at radius 3 is 2.64 bits per heavy atom. The van der Waals surface area contributed by atoms with E-state index in [0.717, 1.165) is 11.1 Å². The zero-order valence-electron chi connectivity index (χ0n) is 19.0. The first-order chi connectivity index (χ1) is 17.6. The van der Waals surface area contributed by atoms with Gasteiger partial charge in [0.25, 0.3) is 0 Å². The summed E-state index contributed by atoms with van der Waals surface area (Å²) < 4.78 is 15.9. The zero-order chi connectivity index (χ0) is 24.6. The minimum Gasteiger partial charge on any atom is -0.335 e. The topological polar surface area (TPSA) is 138 Å². The van der Waals surface area contributed by atoms with Crippen LogP contribution in [0.15, 0.2) is 61.6 Å². The molecule has 176 valence electrons. The van der Waals surface area contributed by atoms with Gasteiger partial charge >= 0.3 is 0 Å². The number of anilines is 1. The number of halogens is 1. The second-order valence-corrected chi connectivity index (χ2v) is 8.05. The van der Waals surface area contributed by atoms with Crippen molar-refractivity contribution in [2.24, 2.45) is 0 Å². The molecule has 36 heavy (non-hydrogen) atoms. The average Bonchev–Trinajstić information content (AvgIpc) is 3.54. The first-order valence-electron chi connectivity index (χ1n) is 11.1. The number of rotatable bonds is 5. The first-order valence-corrected chi connectivity index (χ1v) is 11.1. The first kappa shape index (κ1) is 21.5. The summed E-state index contributed by atoms with van der Waals surface area (Å²) in [5.74, 6) is -0.358. The van der Waals surface area contributed by atoms with Gasteiger partial charge in [0.15, 0.2) is 11.6 Å². The molecule has 10 nitrogen and oxygen atoms in total. The van der Waals surface area contributed by atoms with Crippen LogP contribution in [0.2, 0.25) is 0 Å². The molecule has 3 N–H and O–H groups in total. The van der Waals surface area contributed by atoms with Crippen LogP contribution >= 0.6 is 0 Å². The second kappa shape index (κ2) is 8.62. The molecule has 0 fully saturated rings. The van der Waals surface area contributed by atoms with Crippen LogP contribution < -0.4 is 5.32 Å². The number of hydrogen-bond donors (Lipinski definition) is 3. The van der Waals surface area contributed by atoms with E-state index < -0.39 is 5.82 Å². The number of imidazole rings is 1. The summed E-state index contributed by atoms with van der Waals surface area (Å²) in [7, 11) is 0. The highest BCUT2D eigenvalue weighted by Gasteiger charge is 2.21. The van der Waals surface area contributed by atoms with Gasteiger partial charge < -0.3 is 10.3 Å². The van der Waals surface area contributed by atoms with Gasteiger partial charge in [-0.1, -0.05) is 6.92 Å². The third-order valence-electron chi connectivity index (χ3n) is 5.77. The Morgan fingerprint density at radius 2 is 1.81 bits per heavy atom. The van der Waals surface area contributed by atoms with E-state index in [1.165, 1.54) is 18.6 Å². The maximum Gasteiger partial charge on any atom is 0.224 e. The highest BCUT2D eigenvalue weighted by Crippen LogP contribution is 2.34. The molecule has 11 heteroatoms. The normalized spacial score (nSPS) is 11.3. The summed E-state index contributed by atoms with van der Waals surface area (Å²) in [4.78, 5) is 36.5. The largest absolute Gasteiger partial charge is 0.335 e. The molecule has 0 aliphatic heterocycles. The Labute approximate surface area is 203 Å². The number of pyridine rings is 4. The minimum atomic E-state index is -0.579. The third-order valence-corrected chi connectivity index (χ3v) is 5.77. The number of carbonyl (C=O) groups excluding carboxylic acids is 1. The summed E-state index contributed by atoms with van der Waals surface area (Å²) in [6.45, 7) is 1.75. The lowest BCUT2D eigenvalue weighted by Crippen LogP contribution is -2.09. The number of aromatic nitrogens is 8. The fourth-order valence-electron chi connectivity index (χ4n) is 4.02. The number of fused-ring (bicyclic) bond motifs is 2. The number of nitrogens with zero attached hydrogens (tertiary/aromatic N) is 6. The highest BCUT2D eigenvalue weighted by molar-refractivity contribution is 5.98. The molecule has 6 aromatic heterocycles. The molecule has 0 saturated carbocycles. The monoisotopic (exact) mass is 479 g/mol. The second-order valence-electron chi connectivity index (χ2n) is 8.05. The van der Waals surface area contributed by atoms with Gasteiger partial charge in [-0.3, -0.25) is 29.8 Å². The predicted molar refractivity (Wildman–Crippen MR) is 132 cm³/mol. The van der Waals surface area contributed by atoms with Crippen molar-refractivity contribution in [2.45, 2.75) is 13.3 Å². The van der Waals surface area contributed by atoms with Crippen molar-refractivity contribution in [1.29, 1.82) is 0 Å². The van der Waals surface area contributed by atoms with E-state index in [1.807, 2.05) is 12.1 Å². The molecule has 6 aromatic rings. The van der Waals surface area contributed by atoms with Gasteiger partial charge in [-0.05, 0) is 23.8 Å². The van der Waals surface area contributed by atoms with Gasteiger partial charge in [0.2, 0.25) is 5.91 Å². The van der Waals surface area contributed by atoms with Crippen LogP contribution in [0, 0.1) is 5.82 Å². The van der Waals surface area contributed by atoms with E-state index in [-0.39, 0.29) is 17.0 Å². The van der Waals surface area contributed by atoms with Crippen molar-refractivity contribution in [3.05, 3.63) is 67.4 Å². The molecule has 6 heterocycles. The van der Waals surface area contributed by atoms with Gasteiger partial charge in [0, 0.05) is 42.3 Å². The fourth-order valence-corrected chi connectivity index (χ4v) is 4.02. The Morgan fingerprint density at radius 1 is 0.972 bits per heavy atom. The van der Waals surface area contributed by atoms with Crippen LogP contribution in [0.1, 0.15) is 13.3 Å². The fraction of sp³-hybridized carbons (Fsp3) is 0.0800. The van der Waals surface area contributed by atoms with Crippen molar-refractivity contribution >= 4 is 33.5 Å². The molecular formula is C25H18FN9O. The van der Waals surface area contributed by atoms with Crippen LogP contribution in [0.3, 0.4) is 0 Å². The lowest BCUT2D eigenvalue weighted by atomic mass is 10.1. The predicted octanol–water partition coefficient (Wildman–Crippen LogP) is 4.51. The van der Waals surface area contributed by atoms with Crippen LogP contribution in [0.5, 0.6) is 0 Å². The van der Waals surface area contributed by atoms with Crippen LogP contribution in [0.4, 0.5) is 10.1 Å². The van der Waals surface area contributed by atoms with E-state index in [2.05, 4.69) is 40.4 Å². The van der Waals surface area contributed by atoms with Crippen LogP contribution in [-0.2, 0) is 4.79 Å². The summed E-state index contributed by atoms with van der Waals surface area (Å²) >= 11 is 0. The molecule has 0 bridgehead atoms. The van der Waals surface area contributed by atoms with Gasteiger partial charge in [-0.2, -0.15) is 5.10 Å². The third kappa shape index (κ3) is 3.63. The minimum absolute atomic E-state index is 0.0838. The Kier molecular flexibility index (Phi) is 5.14. The molecule has 0 saturated heterocycles. The van der Waals surface area contributed by atoms with E-state index in [9.17, 15) is 4.79 Å². The van der Waals surface area contributed by atoms with Crippen LogP contribution in [0.25, 0.3) is 55.8 Å². The SMILES string of the molecule is CCC(=O)Nc1cncc(-c2ncc3[nH]nc(-c4nc5c(-c6ccncc6)cncc5[nH]4)c3c2F)c1. The average molecular weight is 479 g/mol. The van der Waals surface area contributed by atoms with Crippen molar-refractivity contribution in [1.82, 2.24) is 40.1 Å². The highest BCUT2D eigenvalue weighted by atomic mass is 19.1. The Balaban J connectivity index is 1.47. The summed E-state index contributed by atoms with van der Waals surface area (Å²) in [6, 6.07) is 5.38. The van der Waals surface area contributed by atoms with E-state index in [1.54, 1.807) is 37.8 Å². The van der Waals surface area contributed by atoms with Crippen LogP contribution in [-0.4, -0.2) is 46.0 Å². The summed E-state index contributed by atoms with van der Waals surface area (Å²) in [5.41, 5.74) is 4.79. The molecule has 0 spiro atoms. The number of nitrogens with one attached hydrogen (secondary N) is 3. The van der Waals surface area contributed by atoms with Crippen molar-refractivity contribution in [2.75, 3.05) is 5.32 Å². The van der Waals surface area contributed by atoms with Gasteiger partial charge in [0.05, 0.1) is 46.2 Å². The number of aromatic amines is 2. The van der Waals surface area contributed by atoms with Gasteiger partial charge in [-0.15, -0.1) is 0 Å². The molecule has 0 aromatic carbocycles. The van der Waals surface area contributed by atoms with E-state index in [0.29, 0.717) is 45.7 Å². The van der Waals surface area contributed by atoms with Crippen molar-refractivity contribution in [3.8, 4) is 33.9 Å². The number of H-pyrrole nitrogens is 2. The molecule has 0 aliphatic rings. The maximum absolute atomic E-state index is 15.9. The maximum atomic E-state index is 15.9. The molecule has 0 unspecified atom stereocenters. The van der Waals surface area contributed by atoms with Gasteiger partial charge in [-0.25, -0.2) is 9.37 Å². The van der Waals surface area contributed by atoms with E-state index >= 15 is 4.39 Å². The van der Waals surface area contributed by atoms with Crippen molar-refractivity contribution < 1.29 is 9.18 Å². The number of hydrogen-bond acceptors (Lipinski definition) is 7. The summed E-state index contributed by atoms with van der Waals surface area (Å²) in [5, 5.41) is 10.1. The molecule has 0 atom stereocenters. The molecule has 1 amide bonds. The molecule has 0 radical (unpaired) electrons. The summed E-state index contributed by atoms with van der Waals surface area (Å²) in [6.07, 6.45) is 11.6. The molecule has 0 aliphatic carbocycles. The number of amides is 1. The molecule has 6 rings (SSSR count). The quantitative estimate of drug-likeness (QED) is 0.331. The Bertz CT molecular complexity index is 1740. The van der Waals surface area contributed by atoms with E-state index in [4.69, 9.17) is 4.98 Å². The lowest BCUT2D eigenvalue weighted by molar-refractivity contribution is -0.115.